The minimum absolute atomic E-state index is 0.379. The maximum atomic E-state index is 5.79. The lowest BCUT2D eigenvalue weighted by Crippen LogP contribution is -2.52. The molecule has 1 aliphatic rings. The van der Waals surface area contributed by atoms with E-state index in [0.717, 1.165) is 26.2 Å². The van der Waals surface area contributed by atoms with Crippen LogP contribution in [0.15, 0.2) is 0 Å². The zero-order valence-electron chi connectivity index (χ0n) is 11.3. The molecule has 0 aromatic carbocycles. The topological polar surface area (TPSA) is 24.5 Å². The Labute approximate surface area is 101 Å². The summed E-state index contributed by atoms with van der Waals surface area (Å²) in [5.41, 5.74) is 0. The number of hydrogen-bond acceptors (Lipinski definition) is 3. The van der Waals surface area contributed by atoms with E-state index in [1.807, 2.05) is 0 Å². The smallest absolute Gasteiger partial charge is 0.0678 e. The number of nitrogens with one attached hydrogen (secondary N) is 1. The van der Waals surface area contributed by atoms with E-state index in [9.17, 15) is 0 Å². The zero-order valence-corrected chi connectivity index (χ0v) is 11.3. The van der Waals surface area contributed by atoms with E-state index in [2.05, 4.69) is 37.9 Å². The monoisotopic (exact) mass is 228 g/mol. The summed E-state index contributed by atoms with van der Waals surface area (Å²) in [5.74, 6) is 0. The summed E-state index contributed by atoms with van der Waals surface area (Å²) in [5, 5.41) is 3.48. The van der Waals surface area contributed by atoms with Gasteiger partial charge in [0, 0.05) is 25.7 Å². The van der Waals surface area contributed by atoms with Crippen molar-refractivity contribution in [1.29, 1.82) is 0 Å². The molecule has 1 aliphatic heterocycles. The molecule has 96 valence electrons. The minimum atomic E-state index is 0.379. The summed E-state index contributed by atoms with van der Waals surface area (Å²) in [7, 11) is 0. The Bertz CT molecular complexity index is 177. The van der Waals surface area contributed by atoms with Crippen molar-refractivity contribution in [2.75, 3.05) is 26.2 Å². The summed E-state index contributed by atoms with van der Waals surface area (Å²) in [6.07, 6.45) is 3.30. The molecule has 1 fully saturated rings. The second kappa shape index (κ2) is 7.25. The predicted molar refractivity (Wildman–Crippen MR) is 68.8 cm³/mol. The lowest BCUT2D eigenvalue weighted by molar-refractivity contribution is -0.0809. The van der Waals surface area contributed by atoms with Crippen LogP contribution in [-0.2, 0) is 4.74 Å². The van der Waals surface area contributed by atoms with E-state index in [-0.39, 0.29) is 0 Å². The lowest BCUT2D eigenvalue weighted by atomic mass is 10.1. The first-order chi connectivity index (χ1) is 7.67. The number of nitrogens with zero attached hydrogens (tertiary/aromatic N) is 1. The molecule has 0 bridgehead atoms. The van der Waals surface area contributed by atoms with Crippen molar-refractivity contribution in [3.8, 4) is 0 Å². The second-order valence-corrected chi connectivity index (χ2v) is 4.96. The van der Waals surface area contributed by atoms with Crippen molar-refractivity contribution in [3.05, 3.63) is 0 Å². The molecule has 1 saturated heterocycles. The molecular formula is C13H28N2O. The molecule has 0 aliphatic carbocycles. The Balaban J connectivity index is 2.47. The first-order valence-corrected chi connectivity index (χ1v) is 6.77. The molecule has 0 saturated carbocycles. The van der Waals surface area contributed by atoms with Gasteiger partial charge in [-0.3, -0.25) is 4.90 Å². The van der Waals surface area contributed by atoms with Crippen molar-refractivity contribution in [3.63, 3.8) is 0 Å². The van der Waals surface area contributed by atoms with Gasteiger partial charge in [-0.25, -0.2) is 0 Å². The lowest BCUT2D eigenvalue weighted by Gasteiger charge is -2.40. The largest absolute Gasteiger partial charge is 0.373 e. The average Bonchev–Trinajstić information content (AvgIpc) is 2.22. The maximum Gasteiger partial charge on any atom is 0.0678 e. The molecule has 1 N–H and O–H groups in total. The Morgan fingerprint density at radius 2 is 1.88 bits per heavy atom. The van der Waals surface area contributed by atoms with Gasteiger partial charge in [0.15, 0.2) is 0 Å². The number of morpholine rings is 1. The van der Waals surface area contributed by atoms with Gasteiger partial charge in [0.05, 0.1) is 12.2 Å². The Morgan fingerprint density at radius 3 is 2.38 bits per heavy atom. The SMILES string of the molecule is CCCC(CNCC)N1CC(C)OC(C)C1. The van der Waals surface area contributed by atoms with E-state index in [1.54, 1.807) is 0 Å². The van der Waals surface area contributed by atoms with Gasteiger partial charge in [-0.15, -0.1) is 0 Å². The van der Waals surface area contributed by atoms with E-state index >= 15 is 0 Å². The van der Waals surface area contributed by atoms with Crippen LogP contribution in [0.4, 0.5) is 0 Å². The summed E-state index contributed by atoms with van der Waals surface area (Å²) < 4.78 is 5.79. The summed E-state index contributed by atoms with van der Waals surface area (Å²) in [6, 6.07) is 0.679. The standard InChI is InChI=1S/C13H28N2O/c1-5-7-13(8-14-6-2)15-9-11(3)16-12(4)10-15/h11-14H,5-10H2,1-4H3. The molecule has 3 atom stereocenters. The number of likely N-dealkylation sites (N-methyl/N-ethyl adjacent to an activating group) is 1. The van der Waals surface area contributed by atoms with Crippen LogP contribution >= 0.6 is 0 Å². The van der Waals surface area contributed by atoms with E-state index in [4.69, 9.17) is 4.74 Å². The number of rotatable bonds is 6. The normalized spacial score (nSPS) is 29.2. The number of hydrogen-bond donors (Lipinski definition) is 1. The van der Waals surface area contributed by atoms with Gasteiger partial charge in [0.1, 0.15) is 0 Å². The van der Waals surface area contributed by atoms with Crippen molar-refractivity contribution in [2.45, 2.75) is 58.8 Å². The van der Waals surface area contributed by atoms with Gasteiger partial charge in [-0.2, -0.15) is 0 Å². The Morgan fingerprint density at radius 1 is 1.25 bits per heavy atom. The van der Waals surface area contributed by atoms with E-state index in [0.29, 0.717) is 18.2 Å². The first kappa shape index (κ1) is 13.9. The molecule has 0 spiro atoms. The van der Waals surface area contributed by atoms with Crippen molar-refractivity contribution in [2.24, 2.45) is 0 Å². The predicted octanol–water partition coefficient (Wildman–Crippen LogP) is 1.87. The molecule has 1 rings (SSSR count). The van der Waals surface area contributed by atoms with Crippen LogP contribution in [-0.4, -0.2) is 49.3 Å². The summed E-state index contributed by atoms with van der Waals surface area (Å²) in [6.45, 7) is 13.2. The Hall–Kier alpha value is -0.120. The molecule has 0 aromatic heterocycles. The fraction of sp³-hybridized carbons (Fsp3) is 1.00. The van der Waals surface area contributed by atoms with Gasteiger partial charge in [0.2, 0.25) is 0 Å². The Kier molecular flexibility index (Phi) is 6.32. The van der Waals surface area contributed by atoms with Gasteiger partial charge >= 0.3 is 0 Å². The van der Waals surface area contributed by atoms with Gasteiger partial charge in [-0.05, 0) is 26.8 Å². The zero-order chi connectivity index (χ0) is 12.0. The van der Waals surface area contributed by atoms with Crippen LogP contribution in [0.3, 0.4) is 0 Å². The number of ether oxygens (including phenoxy) is 1. The van der Waals surface area contributed by atoms with Crippen LogP contribution in [0.1, 0.15) is 40.5 Å². The summed E-state index contributed by atoms with van der Waals surface area (Å²) in [4.78, 5) is 2.60. The summed E-state index contributed by atoms with van der Waals surface area (Å²) >= 11 is 0. The van der Waals surface area contributed by atoms with Crippen LogP contribution in [0.2, 0.25) is 0 Å². The highest BCUT2D eigenvalue weighted by Crippen LogP contribution is 2.16. The van der Waals surface area contributed by atoms with Crippen LogP contribution in [0.5, 0.6) is 0 Å². The van der Waals surface area contributed by atoms with Crippen molar-refractivity contribution in [1.82, 2.24) is 10.2 Å². The van der Waals surface area contributed by atoms with Crippen LogP contribution < -0.4 is 5.32 Å². The van der Waals surface area contributed by atoms with Crippen LogP contribution in [0, 0.1) is 0 Å². The molecule has 0 aromatic rings. The highest BCUT2D eigenvalue weighted by atomic mass is 16.5. The fourth-order valence-corrected chi connectivity index (χ4v) is 2.57. The minimum Gasteiger partial charge on any atom is -0.373 e. The van der Waals surface area contributed by atoms with E-state index < -0.39 is 0 Å². The highest BCUT2D eigenvalue weighted by Gasteiger charge is 2.26. The molecule has 3 heteroatoms. The molecule has 0 amide bonds. The third-order valence-electron chi connectivity index (χ3n) is 3.22. The van der Waals surface area contributed by atoms with Crippen molar-refractivity contribution < 1.29 is 4.74 Å². The maximum absolute atomic E-state index is 5.79. The van der Waals surface area contributed by atoms with Gasteiger partial charge in [-0.1, -0.05) is 20.3 Å². The third kappa shape index (κ3) is 4.40. The molecule has 3 unspecified atom stereocenters. The third-order valence-corrected chi connectivity index (χ3v) is 3.22. The molecular weight excluding hydrogens is 200 g/mol. The molecule has 0 radical (unpaired) electrons. The highest BCUT2D eigenvalue weighted by molar-refractivity contribution is 4.81. The molecule has 3 nitrogen and oxygen atoms in total. The quantitative estimate of drug-likeness (QED) is 0.751. The average molecular weight is 228 g/mol. The second-order valence-electron chi connectivity index (χ2n) is 4.96. The molecule has 16 heavy (non-hydrogen) atoms. The molecule has 1 heterocycles. The van der Waals surface area contributed by atoms with Gasteiger partial charge < -0.3 is 10.1 Å². The van der Waals surface area contributed by atoms with Gasteiger partial charge in [0.25, 0.3) is 0 Å². The van der Waals surface area contributed by atoms with Crippen LogP contribution in [0.25, 0.3) is 0 Å². The first-order valence-electron chi connectivity index (χ1n) is 6.77. The van der Waals surface area contributed by atoms with Crippen molar-refractivity contribution >= 4 is 0 Å². The van der Waals surface area contributed by atoms with E-state index in [1.165, 1.54) is 12.8 Å². The fourth-order valence-electron chi connectivity index (χ4n) is 2.57.